The van der Waals surface area contributed by atoms with E-state index in [-0.39, 0.29) is 12.1 Å². The molecule has 0 atom stereocenters. The Kier molecular flexibility index (Phi) is 3.27. The highest BCUT2D eigenvalue weighted by atomic mass is 19.2. The van der Waals surface area contributed by atoms with Crippen LogP contribution < -0.4 is 5.48 Å². The molecule has 2 nitrogen and oxygen atoms in total. The minimum Gasteiger partial charge on any atom is -0.305 e. The highest BCUT2D eigenvalue weighted by molar-refractivity contribution is 5.19. The van der Waals surface area contributed by atoms with E-state index in [0.29, 0.717) is 0 Å². The van der Waals surface area contributed by atoms with E-state index in [1.165, 1.54) is 7.11 Å². The number of hydrogen-bond acceptors (Lipinski definition) is 2. The van der Waals surface area contributed by atoms with Crippen molar-refractivity contribution in [2.75, 3.05) is 7.11 Å². The van der Waals surface area contributed by atoms with Crippen LogP contribution in [0.15, 0.2) is 12.1 Å². The average molecular weight is 191 g/mol. The first kappa shape index (κ1) is 10.0. The largest absolute Gasteiger partial charge is 0.305 e. The van der Waals surface area contributed by atoms with Crippen molar-refractivity contribution >= 4 is 0 Å². The van der Waals surface area contributed by atoms with Crippen LogP contribution in [0.3, 0.4) is 0 Å². The number of benzene rings is 1. The quantitative estimate of drug-likeness (QED) is 0.580. The van der Waals surface area contributed by atoms with Crippen LogP contribution in [0.2, 0.25) is 0 Å². The standard InChI is InChI=1S/C8H8F3NO/c1-13-12-4-5-2-6(9)8(11)7(10)3-5/h2-3,12H,4H2,1H3. The molecule has 0 heterocycles. The Morgan fingerprint density at radius 2 is 1.77 bits per heavy atom. The second-order valence-corrected chi connectivity index (χ2v) is 2.40. The third kappa shape index (κ3) is 2.43. The molecule has 0 amide bonds. The lowest BCUT2D eigenvalue weighted by molar-refractivity contribution is 0.0865. The smallest absolute Gasteiger partial charge is 0.194 e. The van der Waals surface area contributed by atoms with Gasteiger partial charge in [-0.1, -0.05) is 0 Å². The topological polar surface area (TPSA) is 21.3 Å². The van der Waals surface area contributed by atoms with E-state index < -0.39 is 17.5 Å². The molecule has 72 valence electrons. The van der Waals surface area contributed by atoms with Crippen molar-refractivity contribution < 1.29 is 18.0 Å². The van der Waals surface area contributed by atoms with Crippen LogP contribution in [-0.4, -0.2) is 7.11 Å². The van der Waals surface area contributed by atoms with Gasteiger partial charge in [0.2, 0.25) is 0 Å². The first-order valence-corrected chi connectivity index (χ1v) is 3.54. The van der Waals surface area contributed by atoms with E-state index >= 15 is 0 Å². The number of hydroxylamine groups is 1. The maximum absolute atomic E-state index is 12.6. The Hall–Kier alpha value is -1.07. The van der Waals surface area contributed by atoms with Crippen molar-refractivity contribution in [3.05, 3.63) is 35.1 Å². The molecule has 0 aliphatic rings. The molecule has 0 spiro atoms. The van der Waals surface area contributed by atoms with Gasteiger partial charge in [0.1, 0.15) is 0 Å². The average Bonchev–Trinajstić information content (AvgIpc) is 2.10. The van der Waals surface area contributed by atoms with Gasteiger partial charge in [0, 0.05) is 6.54 Å². The summed E-state index contributed by atoms with van der Waals surface area (Å²) >= 11 is 0. The van der Waals surface area contributed by atoms with E-state index in [1.807, 2.05) is 0 Å². The molecule has 0 unspecified atom stereocenters. The van der Waals surface area contributed by atoms with Crippen LogP contribution in [0.25, 0.3) is 0 Å². The Morgan fingerprint density at radius 1 is 1.23 bits per heavy atom. The lowest BCUT2D eigenvalue weighted by Crippen LogP contribution is -2.11. The molecule has 0 radical (unpaired) electrons. The molecule has 0 aliphatic heterocycles. The summed E-state index contributed by atoms with van der Waals surface area (Å²) < 4.78 is 37.6. The molecule has 0 saturated carbocycles. The summed E-state index contributed by atoms with van der Waals surface area (Å²) in [7, 11) is 1.37. The highest BCUT2D eigenvalue weighted by Gasteiger charge is 2.09. The van der Waals surface area contributed by atoms with Gasteiger partial charge in [0.05, 0.1) is 7.11 Å². The Labute approximate surface area is 73.3 Å². The van der Waals surface area contributed by atoms with Gasteiger partial charge in [0.15, 0.2) is 17.5 Å². The maximum atomic E-state index is 12.6. The minimum atomic E-state index is -1.46. The Balaban J connectivity index is 2.86. The molecule has 0 aliphatic carbocycles. The van der Waals surface area contributed by atoms with Gasteiger partial charge in [-0.15, -0.1) is 0 Å². The summed E-state index contributed by atoms with van der Waals surface area (Å²) in [6.07, 6.45) is 0. The minimum absolute atomic E-state index is 0.116. The molecule has 0 bridgehead atoms. The van der Waals surface area contributed by atoms with E-state index in [4.69, 9.17) is 0 Å². The summed E-state index contributed by atoms with van der Waals surface area (Å²) in [5, 5.41) is 0. The molecule has 5 heteroatoms. The molecule has 13 heavy (non-hydrogen) atoms. The van der Waals surface area contributed by atoms with Gasteiger partial charge in [-0.25, -0.2) is 13.2 Å². The zero-order valence-corrected chi connectivity index (χ0v) is 6.90. The van der Waals surface area contributed by atoms with Crippen LogP contribution in [0, 0.1) is 17.5 Å². The van der Waals surface area contributed by atoms with Gasteiger partial charge in [-0.05, 0) is 17.7 Å². The molecule has 0 saturated heterocycles. The monoisotopic (exact) mass is 191 g/mol. The highest BCUT2D eigenvalue weighted by Crippen LogP contribution is 2.13. The van der Waals surface area contributed by atoms with Gasteiger partial charge in [0.25, 0.3) is 0 Å². The third-order valence-corrected chi connectivity index (χ3v) is 1.46. The fraction of sp³-hybridized carbons (Fsp3) is 0.250. The lowest BCUT2D eigenvalue weighted by Gasteiger charge is -2.03. The van der Waals surface area contributed by atoms with Crippen molar-refractivity contribution in [3.8, 4) is 0 Å². The van der Waals surface area contributed by atoms with Gasteiger partial charge in [-0.3, -0.25) is 0 Å². The first-order valence-electron chi connectivity index (χ1n) is 3.54. The maximum Gasteiger partial charge on any atom is 0.194 e. The van der Waals surface area contributed by atoms with E-state index in [0.717, 1.165) is 12.1 Å². The zero-order valence-electron chi connectivity index (χ0n) is 6.90. The molecule has 1 aromatic rings. The SMILES string of the molecule is CONCc1cc(F)c(F)c(F)c1. The van der Waals surface area contributed by atoms with Gasteiger partial charge in [-0.2, -0.15) is 5.48 Å². The van der Waals surface area contributed by atoms with Crippen LogP contribution >= 0.6 is 0 Å². The molecular weight excluding hydrogens is 183 g/mol. The lowest BCUT2D eigenvalue weighted by atomic mass is 10.2. The fourth-order valence-electron chi connectivity index (χ4n) is 0.866. The second kappa shape index (κ2) is 4.25. The Bertz CT molecular complexity index is 280. The van der Waals surface area contributed by atoms with Crippen LogP contribution in [-0.2, 0) is 11.4 Å². The number of nitrogens with one attached hydrogen (secondary N) is 1. The van der Waals surface area contributed by atoms with Crippen molar-refractivity contribution in [2.24, 2.45) is 0 Å². The van der Waals surface area contributed by atoms with Crippen molar-refractivity contribution in [1.29, 1.82) is 0 Å². The van der Waals surface area contributed by atoms with E-state index in [1.54, 1.807) is 0 Å². The van der Waals surface area contributed by atoms with Crippen LogP contribution in [0.4, 0.5) is 13.2 Å². The number of hydrogen-bond donors (Lipinski definition) is 1. The Morgan fingerprint density at radius 3 is 2.23 bits per heavy atom. The molecule has 0 aromatic heterocycles. The third-order valence-electron chi connectivity index (χ3n) is 1.46. The first-order chi connectivity index (χ1) is 6.15. The van der Waals surface area contributed by atoms with Crippen molar-refractivity contribution in [1.82, 2.24) is 5.48 Å². The summed E-state index contributed by atoms with van der Waals surface area (Å²) in [6.45, 7) is 0.116. The second-order valence-electron chi connectivity index (χ2n) is 2.40. The predicted molar refractivity (Wildman–Crippen MR) is 40.2 cm³/mol. The molecular formula is C8H8F3NO. The summed E-state index contributed by atoms with van der Waals surface area (Å²) in [6, 6.07) is 1.81. The summed E-state index contributed by atoms with van der Waals surface area (Å²) in [5.74, 6) is -3.86. The van der Waals surface area contributed by atoms with E-state index in [2.05, 4.69) is 10.3 Å². The van der Waals surface area contributed by atoms with Gasteiger partial charge < -0.3 is 4.84 Å². The normalized spacial score (nSPS) is 10.5. The summed E-state index contributed by atoms with van der Waals surface area (Å²) in [4.78, 5) is 4.47. The molecule has 1 rings (SSSR count). The van der Waals surface area contributed by atoms with E-state index in [9.17, 15) is 13.2 Å². The van der Waals surface area contributed by atoms with Crippen molar-refractivity contribution in [3.63, 3.8) is 0 Å². The van der Waals surface area contributed by atoms with Crippen LogP contribution in [0.1, 0.15) is 5.56 Å². The van der Waals surface area contributed by atoms with Crippen LogP contribution in [0.5, 0.6) is 0 Å². The zero-order chi connectivity index (χ0) is 9.84. The molecule has 1 N–H and O–H groups in total. The number of halogens is 3. The molecule has 0 fully saturated rings. The van der Waals surface area contributed by atoms with Gasteiger partial charge >= 0.3 is 0 Å². The number of rotatable bonds is 3. The molecule has 1 aromatic carbocycles. The fourth-order valence-corrected chi connectivity index (χ4v) is 0.866. The summed E-state index contributed by atoms with van der Waals surface area (Å²) in [5.41, 5.74) is 2.66. The predicted octanol–water partition coefficient (Wildman–Crippen LogP) is 1.75. The van der Waals surface area contributed by atoms with Crippen molar-refractivity contribution in [2.45, 2.75) is 6.54 Å².